The van der Waals surface area contributed by atoms with Gasteiger partial charge in [-0.05, 0) is 40.0 Å². The number of nitrogens with one attached hydrogen (secondary N) is 2. The fraction of sp³-hybridized carbons (Fsp3) is 0.333. The molecule has 0 bridgehead atoms. The Labute approximate surface area is 137 Å². The third-order valence-corrected chi connectivity index (χ3v) is 4.04. The van der Waals surface area contributed by atoms with Crippen LogP contribution in [0, 0.1) is 0 Å². The first kappa shape index (κ1) is 16.4. The van der Waals surface area contributed by atoms with Crippen LogP contribution in [-0.2, 0) is 9.53 Å². The van der Waals surface area contributed by atoms with Crippen molar-refractivity contribution in [1.29, 1.82) is 0 Å². The van der Waals surface area contributed by atoms with Gasteiger partial charge in [0.1, 0.15) is 5.75 Å². The highest BCUT2D eigenvalue weighted by molar-refractivity contribution is 9.10. The van der Waals surface area contributed by atoms with Gasteiger partial charge in [0.2, 0.25) is 0 Å². The number of hydrogen-bond donors (Lipinski definition) is 2. The molecule has 2 rings (SSSR count). The largest absolute Gasteiger partial charge is 0.496 e. The van der Waals surface area contributed by atoms with E-state index in [1.54, 1.807) is 19.2 Å². The summed E-state index contributed by atoms with van der Waals surface area (Å²) in [6, 6.07) is 4.47. The number of hydrogen-bond acceptors (Lipinski definition) is 4. The number of amides is 2. The minimum Gasteiger partial charge on any atom is -0.496 e. The summed E-state index contributed by atoms with van der Waals surface area (Å²) < 4.78 is 10.8. The Morgan fingerprint density at radius 1 is 1.36 bits per heavy atom. The Morgan fingerprint density at radius 3 is 2.64 bits per heavy atom. The van der Waals surface area contributed by atoms with Crippen molar-refractivity contribution in [3.8, 4) is 5.75 Å². The first-order valence-electron chi connectivity index (χ1n) is 6.74. The van der Waals surface area contributed by atoms with Gasteiger partial charge in [-0.2, -0.15) is 0 Å². The third-order valence-electron chi connectivity index (χ3n) is 3.42. The first-order chi connectivity index (χ1) is 10.5. The lowest BCUT2D eigenvalue weighted by Gasteiger charge is -2.29. The lowest BCUT2D eigenvalue weighted by atomic mass is 9.94. The Morgan fingerprint density at radius 2 is 2.09 bits per heavy atom. The van der Waals surface area contributed by atoms with E-state index < -0.39 is 12.0 Å². The van der Waals surface area contributed by atoms with Crippen LogP contribution in [0.5, 0.6) is 5.75 Å². The predicted molar refractivity (Wildman–Crippen MR) is 84.4 cm³/mol. The number of benzene rings is 1. The summed E-state index contributed by atoms with van der Waals surface area (Å²) in [5, 5.41) is 5.42. The summed E-state index contributed by atoms with van der Waals surface area (Å²) in [5.74, 6) is 0.199. The smallest absolute Gasteiger partial charge is 0.337 e. The van der Waals surface area contributed by atoms with E-state index in [1.807, 2.05) is 13.0 Å². The van der Waals surface area contributed by atoms with Crippen molar-refractivity contribution in [2.24, 2.45) is 0 Å². The number of carbonyl (C=O) groups excluding carboxylic acids is 2. The zero-order valence-corrected chi connectivity index (χ0v) is 14.1. The molecule has 0 aromatic heterocycles. The quantitative estimate of drug-likeness (QED) is 0.800. The molecule has 1 aromatic carbocycles. The molecule has 22 heavy (non-hydrogen) atoms. The number of ether oxygens (including phenoxy) is 2. The number of allylic oxidation sites excluding steroid dienone is 1. The van der Waals surface area contributed by atoms with Crippen molar-refractivity contribution in [3.63, 3.8) is 0 Å². The molecule has 0 saturated carbocycles. The van der Waals surface area contributed by atoms with Crippen molar-refractivity contribution < 1.29 is 19.1 Å². The van der Waals surface area contributed by atoms with Crippen LogP contribution in [0.1, 0.15) is 24.9 Å². The van der Waals surface area contributed by atoms with Gasteiger partial charge in [-0.15, -0.1) is 0 Å². The van der Waals surface area contributed by atoms with Gasteiger partial charge in [0.15, 0.2) is 0 Å². The van der Waals surface area contributed by atoms with Crippen LogP contribution in [0.4, 0.5) is 4.79 Å². The zero-order valence-electron chi connectivity index (χ0n) is 12.5. The maximum Gasteiger partial charge on any atom is 0.337 e. The number of carbonyl (C=O) groups is 2. The Balaban J connectivity index is 2.52. The average molecular weight is 369 g/mol. The minimum absolute atomic E-state index is 0.346. The van der Waals surface area contributed by atoms with E-state index in [1.165, 1.54) is 7.11 Å². The van der Waals surface area contributed by atoms with Crippen molar-refractivity contribution in [1.82, 2.24) is 10.6 Å². The van der Waals surface area contributed by atoms with Crippen molar-refractivity contribution in [2.45, 2.75) is 19.4 Å². The van der Waals surface area contributed by atoms with Crippen LogP contribution in [0.15, 0.2) is 33.9 Å². The van der Waals surface area contributed by atoms with E-state index >= 15 is 0 Å². The van der Waals surface area contributed by atoms with Gasteiger partial charge in [-0.1, -0.05) is 13.0 Å². The van der Waals surface area contributed by atoms with E-state index in [9.17, 15) is 9.59 Å². The second kappa shape index (κ2) is 6.83. The van der Waals surface area contributed by atoms with Gasteiger partial charge in [0.05, 0.1) is 30.3 Å². The number of esters is 1. The molecule has 0 radical (unpaired) electrons. The summed E-state index contributed by atoms with van der Waals surface area (Å²) >= 11 is 3.41. The second-order valence-corrected chi connectivity index (χ2v) is 5.52. The van der Waals surface area contributed by atoms with Crippen molar-refractivity contribution >= 4 is 27.9 Å². The average Bonchev–Trinajstić information content (AvgIpc) is 2.53. The highest BCUT2D eigenvalue weighted by Gasteiger charge is 2.32. The molecular formula is C15H17BrN2O4. The maximum absolute atomic E-state index is 12.1. The molecule has 7 heteroatoms. The molecule has 2 amide bonds. The van der Waals surface area contributed by atoms with Crippen LogP contribution < -0.4 is 15.4 Å². The molecule has 1 aliphatic rings. The summed E-state index contributed by atoms with van der Waals surface area (Å²) in [4.78, 5) is 24.0. The summed E-state index contributed by atoms with van der Waals surface area (Å²) in [7, 11) is 2.89. The molecule has 0 fully saturated rings. The lowest BCUT2D eigenvalue weighted by molar-refractivity contribution is -0.136. The molecular weight excluding hydrogens is 352 g/mol. The predicted octanol–water partition coefficient (Wildman–Crippen LogP) is 2.65. The van der Waals surface area contributed by atoms with Crippen LogP contribution in [-0.4, -0.2) is 26.2 Å². The fourth-order valence-electron chi connectivity index (χ4n) is 2.36. The molecule has 118 valence electrons. The fourth-order valence-corrected chi connectivity index (χ4v) is 2.92. The third kappa shape index (κ3) is 3.09. The molecule has 2 N–H and O–H groups in total. The lowest BCUT2D eigenvalue weighted by Crippen LogP contribution is -2.45. The van der Waals surface area contributed by atoms with E-state index in [-0.39, 0.29) is 6.03 Å². The molecule has 6 nitrogen and oxygen atoms in total. The molecule has 1 unspecified atom stereocenters. The van der Waals surface area contributed by atoms with Crippen LogP contribution in [0.3, 0.4) is 0 Å². The van der Waals surface area contributed by atoms with Gasteiger partial charge < -0.3 is 20.1 Å². The number of urea groups is 1. The normalized spacial score (nSPS) is 17.6. The number of methoxy groups -OCH3 is 2. The Bertz CT molecular complexity index is 642. The van der Waals surface area contributed by atoms with Gasteiger partial charge in [-0.3, -0.25) is 0 Å². The Kier molecular flexibility index (Phi) is 5.07. The van der Waals surface area contributed by atoms with E-state index in [0.29, 0.717) is 23.4 Å². The van der Waals surface area contributed by atoms with Gasteiger partial charge in [-0.25, -0.2) is 9.59 Å². The van der Waals surface area contributed by atoms with Crippen molar-refractivity contribution in [2.75, 3.05) is 14.2 Å². The molecule has 0 aliphatic carbocycles. The standard InChI is InChI=1S/C15H17BrN2O4/c1-4-10-12(14(19)22-3)13(18-15(20)17-10)8-5-6-11(21-2)9(16)7-8/h5-7,13H,4H2,1-3H3,(H2,17,18,20). The molecule has 1 aliphatic heterocycles. The summed E-state index contributed by atoms with van der Waals surface area (Å²) in [6.45, 7) is 1.87. The molecule has 0 spiro atoms. The van der Waals surface area contributed by atoms with Gasteiger partial charge >= 0.3 is 12.0 Å². The monoisotopic (exact) mass is 368 g/mol. The molecule has 1 atom stereocenters. The highest BCUT2D eigenvalue weighted by atomic mass is 79.9. The first-order valence-corrected chi connectivity index (χ1v) is 7.53. The second-order valence-electron chi connectivity index (χ2n) is 4.66. The summed E-state index contributed by atoms with van der Waals surface area (Å²) in [6.07, 6.45) is 0.520. The van der Waals surface area contributed by atoms with E-state index in [4.69, 9.17) is 9.47 Å². The molecule has 1 aromatic rings. The highest BCUT2D eigenvalue weighted by Crippen LogP contribution is 2.33. The minimum atomic E-state index is -0.571. The zero-order chi connectivity index (χ0) is 16.3. The van der Waals surface area contributed by atoms with Crippen LogP contribution in [0.25, 0.3) is 0 Å². The Hall–Kier alpha value is -2.02. The maximum atomic E-state index is 12.1. The number of rotatable bonds is 4. The van der Waals surface area contributed by atoms with Crippen LogP contribution >= 0.6 is 15.9 Å². The van der Waals surface area contributed by atoms with E-state index in [2.05, 4.69) is 26.6 Å². The van der Waals surface area contributed by atoms with Gasteiger partial charge in [0.25, 0.3) is 0 Å². The van der Waals surface area contributed by atoms with Crippen molar-refractivity contribution in [3.05, 3.63) is 39.5 Å². The van der Waals surface area contributed by atoms with Gasteiger partial charge in [0, 0.05) is 5.70 Å². The topological polar surface area (TPSA) is 76.7 Å². The van der Waals surface area contributed by atoms with Crippen LogP contribution in [0.2, 0.25) is 0 Å². The number of halogens is 1. The molecule has 1 heterocycles. The SMILES string of the molecule is CCC1=C(C(=O)OC)C(c2ccc(OC)c(Br)c2)NC(=O)N1. The van der Waals surface area contributed by atoms with E-state index in [0.717, 1.165) is 10.0 Å². The molecule has 0 saturated heterocycles. The summed E-state index contributed by atoms with van der Waals surface area (Å²) in [5.41, 5.74) is 1.73.